The molecule has 0 saturated heterocycles. The molecule has 0 aromatic heterocycles. The summed E-state index contributed by atoms with van der Waals surface area (Å²) < 4.78 is 0. The maximum atomic E-state index is 10.4. The molecule has 0 atom stereocenters. The van der Waals surface area contributed by atoms with Crippen LogP contribution in [0.3, 0.4) is 0 Å². The lowest BCUT2D eigenvalue weighted by atomic mass is 10.1. The van der Waals surface area contributed by atoms with Crippen molar-refractivity contribution in [2.45, 2.75) is 6.42 Å². The van der Waals surface area contributed by atoms with Gasteiger partial charge in [-0.1, -0.05) is 29.5 Å². The predicted octanol–water partition coefficient (Wildman–Crippen LogP) is 3.13. The highest BCUT2D eigenvalue weighted by molar-refractivity contribution is 6.32. The van der Waals surface area contributed by atoms with Gasteiger partial charge >= 0.3 is 0 Å². The van der Waals surface area contributed by atoms with E-state index in [0.717, 1.165) is 11.8 Å². The van der Waals surface area contributed by atoms with Crippen LogP contribution < -0.4 is 0 Å². The van der Waals surface area contributed by atoms with E-state index in [9.17, 15) is 4.79 Å². The van der Waals surface area contributed by atoms with Crippen LogP contribution in [0.25, 0.3) is 0 Å². The molecule has 0 spiro atoms. The van der Waals surface area contributed by atoms with Crippen LogP contribution >= 0.6 is 23.2 Å². The summed E-state index contributed by atoms with van der Waals surface area (Å²) in [5, 5.41) is 0.497. The van der Waals surface area contributed by atoms with Crippen molar-refractivity contribution in [2.24, 2.45) is 0 Å². The van der Waals surface area contributed by atoms with E-state index in [0.29, 0.717) is 22.9 Å². The van der Waals surface area contributed by atoms with Crippen LogP contribution in [0.5, 0.6) is 0 Å². The fourth-order valence-corrected chi connectivity index (χ4v) is 1.24. The lowest BCUT2D eigenvalue weighted by molar-refractivity contribution is 0.112. The fourth-order valence-electron chi connectivity index (χ4n) is 0.911. The van der Waals surface area contributed by atoms with E-state index < -0.39 is 0 Å². The third-order valence-corrected chi connectivity index (χ3v) is 2.07. The third kappa shape index (κ3) is 3.06. The number of carbonyl (C=O) groups excluding carboxylic acids is 1. The summed E-state index contributed by atoms with van der Waals surface area (Å²) in [5.41, 5.74) is 1.28. The molecule has 14 heavy (non-hydrogen) atoms. The lowest BCUT2D eigenvalue weighted by Gasteiger charge is -1.95. The predicted molar refractivity (Wildman–Crippen MR) is 59.1 cm³/mol. The molecule has 0 bridgehead atoms. The van der Waals surface area contributed by atoms with E-state index in [1.54, 1.807) is 18.2 Å². The zero-order valence-corrected chi connectivity index (χ0v) is 8.90. The largest absolute Gasteiger partial charge is 0.298 e. The smallest absolute Gasteiger partial charge is 0.150 e. The third-order valence-electron chi connectivity index (χ3n) is 1.57. The van der Waals surface area contributed by atoms with Crippen LogP contribution in [0, 0.1) is 11.8 Å². The number of benzene rings is 1. The lowest BCUT2D eigenvalue weighted by Crippen LogP contribution is -1.82. The van der Waals surface area contributed by atoms with Gasteiger partial charge in [0, 0.05) is 23.4 Å². The standard InChI is InChI=1S/C11H8Cl2O/c12-6-2-1-3-10-5-4-9(8-14)7-11(10)13/h4-5,7-8H,2,6H2. The van der Waals surface area contributed by atoms with E-state index in [1.807, 2.05) is 0 Å². The Morgan fingerprint density at radius 1 is 1.43 bits per heavy atom. The van der Waals surface area contributed by atoms with Crippen LogP contribution in [-0.2, 0) is 0 Å². The second-order valence-electron chi connectivity index (χ2n) is 2.60. The molecule has 0 fully saturated rings. The first-order chi connectivity index (χ1) is 6.77. The summed E-state index contributed by atoms with van der Waals surface area (Å²) in [5.74, 6) is 6.27. The van der Waals surface area contributed by atoms with Gasteiger partial charge in [0.15, 0.2) is 0 Å². The Kier molecular flexibility index (Phi) is 4.52. The average Bonchev–Trinajstić information content (AvgIpc) is 2.20. The molecule has 0 N–H and O–H groups in total. The number of hydrogen-bond donors (Lipinski definition) is 0. The monoisotopic (exact) mass is 226 g/mol. The van der Waals surface area contributed by atoms with Gasteiger partial charge in [-0.15, -0.1) is 11.6 Å². The second kappa shape index (κ2) is 5.70. The normalized spacial score (nSPS) is 9.00. The summed E-state index contributed by atoms with van der Waals surface area (Å²) >= 11 is 11.4. The van der Waals surface area contributed by atoms with Crippen LogP contribution in [0.4, 0.5) is 0 Å². The van der Waals surface area contributed by atoms with Crippen molar-refractivity contribution in [3.05, 3.63) is 34.3 Å². The van der Waals surface area contributed by atoms with E-state index in [4.69, 9.17) is 23.2 Å². The van der Waals surface area contributed by atoms with Crippen molar-refractivity contribution in [1.29, 1.82) is 0 Å². The van der Waals surface area contributed by atoms with Gasteiger partial charge in [-0.2, -0.15) is 0 Å². The van der Waals surface area contributed by atoms with Crippen molar-refractivity contribution in [3.8, 4) is 11.8 Å². The Morgan fingerprint density at radius 3 is 2.79 bits per heavy atom. The molecule has 0 aliphatic carbocycles. The number of halogens is 2. The molecule has 0 amide bonds. The minimum Gasteiger partial charge on any atom is -0.298 e. The first-order valence-corrected chi connectivity index (χ1v) is 4.98. The molecule has 0 heterocycles. The molecule has 0 aliphatic heterocycles. The van der Waals surface area contributed by atoms with Crippen molar-refractivity contribution in [1.82, 2.24) is 0 Å². The molecule has 3 heteroatoms. The summed E-state index contributed by atoms with van der Waals surface area (Å²) in [6.07, 6.45) is 1.38. The Labute approximate surface area is 93.0 Å². The van der Waals surface area contributed by atoms with Crippen molar-refractivity contribution in [3.63, 3.8) is 0 Å². The molecular formula is C11H8Cl2O. The zero-order valence-electron chi connectivity index (χ0n) is 7.39. The van der Waals surface area contributed by atoms with Gasteiger partial charge in [0.2, 0.25) is 0 Å². The maximum absolute atomic E-state index is 10.4. The minimum absolute atomic E-state index is 0.497. The van der Waals surface area contributed by atoms with Crippen LogP contribution in [0.2, 0.25) is 5.02 Å². The first-order valence-electron chi connectivity index (χ1n) is 4.07. The maximum Gasteiger partial charge on any atom is 0.150 e. The molecule has 0 saturated carbocycles. The van der Waals surface area contributed by atoms with Crippen LogP contribution in [-0.4, -0.2) is 12.2 Å². The van der Waals surface area contributed by atoms with Crippen molar-refractivity contribution < 1.29 is 4.79 Å². The first kappa shape index (κ1) is 11.1. The van der Waals surface area contributed by atoms with Crippen molar-refractivity contribution >= 4 is 29.5 Å². The highest BCUT2D eigenvalue weighted by atomic mass is 35.5. The number of alkyl halides is 1. The number of aldehydes is 1. The molecule has 0 unspecified atom stereocenters. The summed E-state index contributed by atoms with van der Waals surface area (Å²) in [7, 11) is 0. The van der Waals surface area contributed by atoms with Crippen LogP contribution in [0.15, 0.2) is 18.2 Å². The Morgan fingerprint density at radius 2 is 2.21 bits per heavy atom. The quantitative estimate of drug-likeness (QED) is 0.431. The zero-order chi connectivity index (χ0) is 10.4. The highest BCUT2D eigenvalue weighted by Gasteiger charge is 1.97. The van der Waals surface area contributed by atoms with Gasteiger partial charge < -0.3 is 0 Å². The van der Waals surface area contributed by atoms with E-state index >= 15 is 0 Å². The van der Waals surface area contributed by atoms with E-state index in [-0.39, 0.29) is 0 Å². The SMILES string of the molecule is O=Cc1ccc(C#CCCCl)c(Cl)c1. The summed E-state index contributed by atoms with van der Waals surface area (Å²) in [4.78, 5) is 10.4. The van der Waals surface area contributed by atoms with Gasteiger partial charge in [-0.3, -0.25) is 4.79 Å². The summed E-state index contributed by atoms with van der Waals surface area (Å²) in [6.45, 7) is 0. The van der Waals surface area contributed by atoms with Gasteiger partial charge in [0.1, 0.15) is 6.29 Å². The molecule has 1 aromatic carbocycles. The molecular weight excluding hydrogens is 219 g/mol. The second-order valence-corrected chi connectivity index (χ2v) is 3.38. The number of hydrogen-bond acceptors (Lipinski definition) is 1. The molecule has 0 radical (unpaired) electrons. The van der Waals surface area contributed by atoms with Gasteiger partial charge in [0.25, 0.3) is 0 Å². The molecule has 1 nitrogen and oxygen atoms in total. The number of rotatable bonds is 2. The Bertz CT molecular complexity index is 388. The molecule has 1 aromatic rings. The average molecular weight is 227 g/mol. The van der Waals surface area contributed by atoms with Gasteiger partial charge in [-0.05, 0) is 12.1 Å². The summed E-state index contributed by atoms with van der Waals surface area (Å²) in [6, 6.07) is 5.01. The fraction of sp³-hybridized carbons (Fsp3) is 0.182. The molecule has 72 valence electrons. The topological polar surface area (TPSA) is 17.1 Å². The number of carbonyl (C=O) groups is 1. The van der Waals surface area contributed by atoms with Gasteiger partial charge in [-0.25, -0.2) is 0 Å². The highest BCUT2D eigenvalue weighted by Crippen LogP contribution is 2.15. The van der Waals surface area contributed by atoms with Crippen molar-refractivity contribution in [2.75, 3.05) is 5.88 Å². The minimum atomic E-state index is 0.497. The Balaban J connectivity index is 2.90. The van der Waals surface area contributed by atoms with E-state index in [2.05, 4.69) is 11.8 Å². The van der Waals surface area contributed by atoms with Gasteiger partial charge in [0.05, 0.1) is 5.02 Å². The molecule has 1 rings (SSSR count). The molecule has 0 aliphatic rings. The van der Waals surface area contributed by atoms with E-state index in [1.165, 1.54) is 0 Å². The van der Waals surface area contributed by atoms with Crippen LogP contribution in [0.1, 0.15) is 22.3 Å². The Hall–Kier alpha value is -0.970.